The summed E-state index contributed by atoms with van der Waals surface area (Å²) in [5, 5.41) is 9.01. The summed E-state index contributed by atoms with van der Waals surface area (Å²) in [6, 6.07) is 0.517. The lowest BCUT2D eigenvalue weighted by Crippen LogP contribution is -2.37. The van der Waals surface area contributed by atoms with Crippen LogP contribution in [0.3, 0.4) is 0 Å². The van der Waals surface area contributed by atoms with Crippen LogP contribution in [0.4, 0.5) is 0 Å². The van der Waals surface area contributed by atoms with Crippen molar-refractivity contribution in [2.75, 3.05) is 26.8 Å². The van der Waals surface area contributed by atoms with E-state index in [1.807, 2.05) is 13.0 Å². The maximum absolute atomic E-state index is 11.0. The van der Waals surface area contributed by atoms with Gasteiger partial charge in [0.1, 0.15) is 0 Å². The molecule has 1 fully saturated rings. The van der Waals surface area contributed by atoms with Crippen LogP contribution in [0.1, 0.15) is 33.1 Å². The summed E-state index contributed by atoms with van der Waals surface area (Å²) in [6.07, 6.45) is 5.02. The molecule has 1 atom stereocenters. The predicted octanol–water partition coefficient (Wildman–Crippen LogP) is 2.15. The zero-order valence-electron chi connectivity index (χ0n) is 11.7. The third-order valence-corrected chi connectivity index (χ3v) is 3.69. The fraction of sp³-hybridized carbons (Fsp3) is 0.786. The number of carbonyl (C=O) groups is 1. The van der Waals surface area contributed by atoms with Crippen LogP contribution in [-0.4, -0.2) is 48.8 Å². The van der Waals surface area contributed by atoms with Gasteiger partial charge in [0, 0.05) is 31.8 Å². The number of methoxy groups -OCH3 is 1. The first-order valence-corrected chi connectivity index (χ1v) is 6.75. The molecule has 0 aromatic carbocycles. The highest BCUT2D eigenvalue weighted by molar-refractivity contribution is 5.86. The van der Waals surface area contributed by atoms with Gasteiger partial charge in [-0.1, -0.05) is 13.0 Å². The number of hydrogen-bond donors (Lipinski definition) is 1. The highest BCUT2D eigenvalue weighted by Gasteiger charge is 2.31. The van der Waals surface area contributed by atoms with Gasteiger partial charge in [0.25, 0.3) is 0 Å². The standard InChI is InChI=1S/C14H25NO3/c1-4-12(14(16)17)7-8-15(9-10-18-3)11(2)13-5-6-13/h7,11,13H,4-6,8-10H2,1-3H3,(H,16,17). The second kappa shape index (κ2) is 7.54. The van der Waals surface area contributed by atoms with Crippen LogP contribution in [-0.2, 0) is 9.53 Å². The van der Waals surface area contributed by atoms with E-state index in [0.717, 1.165) is 12.5 Å². The lowest BCUT2D eigenvalue weighted by Gasteiger charge is -2.28. The molecular formula is C14H25NO3. The van der Waals surface area contributed by atoms with Crippen LogP contribution >= 0.6 is 0 Å². The van der Waals surface area contributed by atoms with E-state index in [4.69, 9.17) is 9.84 Å². The van der Waals surface area contributed by atoms with Gasteiger partial charge in [-0.15, -0.1) is 0 Å². The van der Waals surface area contributed by atoms with Crippen LogP contribution in [0.15, 0.2) is 11.6 Å². The molecule has 104 valence electrons. The van der Waals surface area contributed by atoms with E-state index in [9.17, 15) is 4.79 Å². The third kappa shape index (κ3) is 4.78. The van der Waals surface area contributed by atoms with Gasteiger partial charge in [-0.25, -0.2) is 4.79 Å². The average molecular weight is 255 g/mol. The molecule has 1 rings (SSSR count). The highest BCUT2D eigenvalue weighted by Crippen LogP contribution is 2.35. The predicted molar refractivity (Wildman–Crippen MR) is 71.6 cm³/mol. The molecule has 0 aliphatic heterocycles. The lowest BCUT2D eigenvalue weighted by atomic mass is 10.1. The van der Waals surface area contributed by atoms with Gasteiger partial charge in [-0.2, -0.15) is 0 Å². The van der Waals surface area contributed by atoms with Crippen molar-refractivity contribution < 1.29 is 14.6 Å². The average Bonchev–Trinajstić information content (AvgIpc) is 3.16. The molecule has 1 unspecified atom stereocenters. The molecule has 0 heterocycles. The lowest BCUT2D eigenvalue weighted by molar-refractivity contribution is -0.132. The van der Waals surface area contributed by atoms with Crippen molar-refractivity contribution in [3.8, 4) is 0 Å². The monoisotopic (exact) mass is 255 g/mol. The Labute approximate surface area is 110 Å². The molecule has 1 aliphatic carbocycles. The second-order valence-electron chi connectivity index (χ2n) is 4.95. The van der Waals surface area contributed by atoms with Gasteiger partial charge in [0.2, 0.25) is 0 Å². The molecule has 0 amide bonds. The molecule has 0 saturated heterocycles. The summed E-state index contributed by atoms with van der Waals surface area (Å²) in [5.74, 6) is -0.0200. The van der Waals surface area contributed by atoms with E-state index in [1.165, 1.54) is 12.8 Å². The SMILES string of the molecule is CCC(=CCN(CCOC)C(C)C1CC1)C(=O)O. The van der Waals surface area contributed by atoms with Crippen molar-refractivity contribution in [1.82, 2.24) is 4.90 Å². The van der Waals surface area contributed by atoms with Crippen molar-refractivity contribution >= 4 is 5.97 Å². The van der Waals surface area contributed by atoms with E-state index in [-0.39, 0.29) is 0 Å². The van der Waals surface area contributed by atoms with Crippen LogP contribution < -0.4 is 0 Å². The van der Waals surface area contributed by atoms with Gasteiger partial charge in [0.05, 0.1) is 6.61 Å². The Morgan fingerprint density at radius 2 is 2.22 bits per heavy atom. The number of rotatable bonds is 9. The van der Waals surface area contributed by atoms with E-state index in [2.05, 4.69) is 11.8 Å². The Morgan fingerprint density at radius 1 is 1.56 bits per heavy atom. The fourth-order valence-corrected chi connectivity index (χ4v) is 2.16. The summed E-state index contributed by atoms with van der Waals surface area (Å²) in [7, 11) is 1.70. The maximum atomic E-state index is 11.0. The number of hydrogen-bond acceptors (Lipinski definition) is 3. The first-order valence-electron chi connectivity index (χ1n) is 6.75. The summed E-state index contributed by atoms with van der Waals surface area (Å²) in [5.41, 5.74) is 0.500. The Hall–Kier alpha value is -0.870. The fourth-order valence-electron chi connectivity index (χ4n) is 2.16. The molecule has 4 heteroatoms. The number of aliphatic carboxylic acids is 1. The topological polar surface area (TPSA) is 49.8 Å². The van der Waals surface area contributed by atoms with Crippen molar-refractivity contribution in [2.45, 2.75) is 39.2 Å². The van der Waals surface area contributed by atoms with Crippen LogP contribution in [0.5, 0.6) is 0 Å². The summed E-state index contributed by atoms with van der Waals surface area (Å²) >= 11 is 0. The molecular weight excluding hydrogens is 230 g/mol. The summed E-state index contributed by atoms with van der Waals surface area (Å²) in [4.78, 5) is 13.3. The van der Waals surface area contributed by atoms with Crippen molar-refractivity contribution in [2.24, 2.45) is 5.92 Å². The minimum absolute atomic E-state index is 0.500. The number of carboxylic acid groups (broad SMARTS) is 1. The van der Waals surface area contributed by atoms with Gasteiger partial charge >= 0.3 is 5.97 Å². The molecule has 1 N–H and O–H groups in total. The molecule has 1 aliphatic rings. The first kappa shape index (κ1) is 15.2. The Bertz CT molecular complexity index is 297. The minimum Gasteiger partial charge on any atom is -0.478 e. The maximum Gasteiger partial charge on any atom is 0.331 e. The largest absolute Gasteiger partial charge is 0.478 e. The van der Waals surface area contributed by atoms with Gasteiger partial charge in [-0.05, 0) is 32.1 Å². The molecule has 0 spiro atoms. The number of ether oxygens (including phenoxy) is 1. The number of nitrogens with zero attached hydrogens (tertiary/aromatic N) is 1. The van der Waals surface area contributed by atoms with E-state index in [0.29, 0.717) is 31.2 Å². The molecule has 0 radical (unpaired) electrons. The Morgan fingerprint density at radius 3 is 2.67 bits per heavy atom. The van der Waals surface area contributed by atoms with E-state index < -0.39 is 5.97 Å². The quantitative estimate of drug-likeness (QED) is 0.641. The third-order valence-electron chi connectivity index (χ3n) is 3.69. The van der Waals surface area contributed by atoms with Crippen LogP contribution in [0, 0.1) is 5.92 Å². The van der Waals surface area contributed by atoms with Gasteiger partial charge in [0.15, 0.2) is 0 Å². The van der Waals surface area contributed by atoms with Crippen molar-refractivity contribution in [3.05, 3.63) is 11.6 Å². The van der Waals surface area contributed by atoms with Crippen LogP contribution in [0.2, 0.25) is 0 Å². The molecule has 4 nitrogen and oxygen atoms in total. The molecule has 0 aromatic heterocycles. The zero-order chi connectivity index (χ0) is 13.5. The van der Waals surface area contributed by atoms with Gasteiger partial charge < -0.3 is 9.84 Å². The van der Waals surface area contributed by atoms with E-state index in [1.54, 1.807) is 7.11 Å². The normalized spacial score (nSPS) is 18.1. The van der Waals surface area contributed by atoms with Gasteiger partial charge in [-0.3, -0.25) is 4.90 Å². The molecule has 18 heavy (non-hydrogen) atoms. The zero-order valence-corrected chi connectivity index (χ0v) is 11.7. The smallest absolute Gasteiger partial charge is 0.331 e. The van der Waals surface area contributed by atoms with E-state index >= 15 is 0 Å². The highest BCUT2D eigenvalue weighted by atomic mass is 16.5. The molecule has 1 saturated carbocycles. The van der Waals surface area contributed by atoms with Crippen molar-refractivity contribution in [3.63, 3.8) is 0 Å². The number of carboxylic acids is 1. The summed E-state index contributed by atoms with van der Waals surface area (Å²) in [6.45, 7) is 6.37. The molecule has 0 bridgehead atoms. The molecule has 0 aromatic rings. The van der Waals surface area contributed by atoms with Crippen molar-refractivity contribution in [1.29, 1.82) is 0 Å². The Kier molecular flexibility index (Phi) is 6.36. The summed E-state index contributed by atoms with van der Waals surface area (Å²) < 4.78 is 5.12. The first-order chi connectivity index (χ1) is 8.60. The Balaban J connectivity index is 2.56. The minimum atomic E-state index is -0.803. The van der Waals surface area contributed by atoms with Crippen LogP contribution in [0.25, 0.3) is 0 Å². The second-order valence-corrected chi connectivity index (χ2v) is 4.95.